The van der Waals surface area contributed by atoms with Crippen molar-refractivity contribution in [3.63, 3.8) is 0 Å². The molecule has 0 aliphatic carbocycles. The zero-order chi connectivity index (χ0) is 15.6. The van der Waals surface area contributed by atoms with Crippen molar-refractivity contribution in [1.29, 1.82) is 0 Å². The molecule has 124 valence electrons. The fraction of sp³-hybridized carbons (Fsp3) is 0.600. The molecule has 1 N–H and O–H groups in total. The number of morpholine rings is 1. The van der Waals surface area contributed by atoms with Gasteiger partial charge in [0.25, 0.3) is 0 Å². The molecule has 0 unspecified atom stereocenters. The van der Waals surface area contributed by atoms with Gasteiger partial charge in [-0.2, -0.15) is 4.98 Å². The molecule has 8 heteroatoms. The second-order valence-corrected chi connectivity index (χ2v) is 6.67. The van der Waals surface area contributed by atoms with Crippen molar-refractivity contribution < 1.29 is 4.74 Å². The SMILES string of the molecule is INC1CCN(c2nc(N3CCOCC3)c3cccn3n2)CC1. The molecule has 2 aromatic rings. The summed E-state index contributed by atoms with van der Waals surface area (Å²) in [4.78, 5) is 9.52. The van der Waals surface area contributed by atoms with E-state index < -0.39 is 0 Å². The van der Waals surface area contributed by atoms with Crippen LogP contribution >= 0.6 is 22.9 Å². The number of hydrogen-bond donors (Lipinski definition) is 1. The van der Waals surface area contributed by atoms with Gasteiger partial charge < -0.3 is 14.5 Å². The quantitative estimate of drug-likeness (QED) is 0.591. The fourth-order valence-corrected chi connectivity index (χ4v) is 3.86. The third-order valence-electron chi connectivity index (χ3n) is 4.60. The number of nitrogens with zero attached hydrogens (tertiary/aromatic N) is 5. The average Bonchev–Trinajstić information content (AvgIpc) is 3.10. The van der Waals surface area contributed by atoms with Gasteiger partial charge in [0, 0.05) is 61.3 Å². The summed E-state index contributed by atoms with van der Waals surface area (Å²) in [6.07, 6.45) is 4.26. The summed E-state index contributed by atoms with van der Waals surface area (Å²) in [5, 5.41) is 4.72. The number of ether oxygens (including phenoxy) is 1. The molecule has 7 nitrogen and oxygen atoms in total. The number of rotatable bonds is 3. The molecule has 0 saturated carbocycles. The van der Waals surface area contributed by atoms with Gasteiger partial charge in [-0.25, -0.2) is 4.52 Å². The largest absolute Gasteiger partial charge is 0.378 e. The number of aromatic nitrogens is 3. The van der Waals surface area contributed by atoms with Gasteiger partial charge in [0.2, 0.25) is 5.95 Å². The van der Waals surface area contributed by atoms with Crippen molar-refractivity contribution in [2.75, 3.05) is 49.2 Å². The van der Waals surface area contributed by atoms with Crippen LogP contribution in [0.5, 0.6) is 0 Å². The second-order valence-electron chi connectivity index (χ2n) is 6.04. The molecule has 0 atom stereocenters. The van der Waals surface area contributed by atoms with Crippen LogP contribution in [0.1, 0.15) is 12.8 Å². The molecular formula is C15H21IN6O. The van der Waals surface area contributed by atoms with Gasteiger partial charge in [-0.3, -0.25) is 3.53 Å². The number of halogens is 1. The highest BCUT2D eigenvalue weighted by Gasteiger charge is 2.23. The maximum absolute atomic E-state index is 5.48. The van der Waals surface area contributed by atoms with Crippen molar-refractivity contribution in [3.8, 4) is 0 Å². The predicted octanol–water partition coefficient (Wildman–Crippen LogP) is 1.47. The van der Waals surface area contributed by atoms with E-state index in [0.717, 1.165) is 69.5 Å². The van der Waals surface area contributed by atoms with E-state index in [4.69, 9.17) is 14.8 Å². The van der Waals surface area contributed by atoms with Crippen LogP contribution in [0.2, 0.25) is 0 Å². The number of fused-ring (bicyclic) bond motifs is 1. The zero-order valence-corrected chi connectivity index (χ0v) is 15.1. The molecule has 2 fully saturated rings. The maximum Gasteiger partial charge on any atom is 0.245 e. The first kappa shape index (κ1) is 15.4. The number of piperidine rings is 1. The molecule has 2 saturated heterocycles. The van der Waals surface area contributed by atoms with Crippen molar-refractivity contribution in [2.24, 2.45) is 0 Å². The Morgan fingerprint density at radius 3 is 2.65 bits per heavy atom. The van der Waals surface area contributed by atoms with E-state index in [0.29, 0.717) is 6.04 Å². The smallest absolute Gasteiger partial charge is 0.245 e. The van der Waals surface area contributed by atoms with Gasteiger partial charge in [-0.15, -0.1) is 5.10 Å². The average molecular weight is 428 g/mol. The highest BCUT2D eigenvalue weighted by molar-refractivity contribution is 14.1. The van der Waals surface area contributed by atoms with E-state index in [-0.39, 0.29) is 0 Å². The van der Waals surface area contributed by atoms with Crippen molar-refractivity contribution in [1.82, 2.24) is 18.1 Å². The van der Waals surface area contributed by atoms with Gasteiger partial charge in [-0.1, -0.05) is 0 Å². The third-order valence-corrected chi connectivity index (χ3v) is 5.48. The van der Waals surface area contributed by atoms with Crippen LogP contribution in [0.25, 0.3) is 5.52 Å². The minimum Gasteiger partial charge on any atom is -0.378 e. The molecule has 0 radical (unpaired) electrons. The Morgan fingerprint density at radius 2 is 1.91 bits per heavy atom. The maximum atomic E-state index is 5.48. The van der Waals surface area contributed by atoms with E-state index in [1.165, 1.54) is 0 Å². The molecule has 0 amide bonds. The van der Waals surface area contributed by atoms with Gasteiger partial charge in [0.05, 0.1) is 13.2 Å². The van der Waals surface area contributed by atoms with Gasteiger partial charge in [0.15, 0.2) is 5.82 Å². The summed E-state index contributed by atoms with van der Waals surface area (Å²) in [7, 11) is 0. The van der Waals surface area contributed by atoms with E-state index in [2.05, 4.69) is 42.3 Å². The molecule has 4 heterocycles. The second kappa shape index (κ2) is 6.78. The van der Waals surface area contributed by atoms with Crippen LogP contribution < -0.4 is 13.3 Å². The van der Waals surface area contributed by atoms with Crippen LogP contribution in [0.3, 0.4) is 0 Å². The molecule has 2 aliphatic heterocycles. The Kier molecular flexibility index (Phi) is 4.54. The first-order valence-electron chi connectivity index (χ1n) is 8.14. The summed E-state index contributed by atoms with van der Waals surface area (Å²) in [5.74, 6) is 1.86. The fourth-order valence-electron chi connectivity index (χ4n) is 3.24. The molecule has 23 heavy (non-hydrogen) atoms. The molecule has 0 aromatic carbocycles. The van der Waals surface area contributed by atoms with Crippen LogP contribution in [-0.4, -0.2) is 60.0 Å². The van der Waals surface area contributed by atoms with E-state index in [1.807, 2.05) is 16.8 Å². The van der Waals surface area contributed by atoms with Gasteiger partial charge in [0.1, 0.15) is 5.52 Å². The van der Waals surface area contributed by atoms with E-state index in [1.54, 1.807) is 0 Å². The molecule has 2 aromatic heterocycles. The molecular weight excluding hydrogens is 407 g/mol. The van der Waals surface area contributed by atoms with Crippen molar-refractivity contribution in [3.05, 3.63) is 18.3 Å². The normalized spacial score (nSPS) is 20.4. The lowest BCUT2D eigenvalue weighted by Gasteiger charge is -2.33. The Morgan fingerprint density at radius 1 is 1.13 bits per heavy atom. The van der Waals surface area contributed by atoms with Crippen molar-refractivity contribution in [2.45, 2.75) is 18.9 Å². The zero-order valence-electron chi connectivity index (χ0n) is 13.0. The topological polar surface area (TPSA) is 57.9 Å². The minimum absolute atomic E-state index is 0.598. The number of nitrogens with one attached hydrogen (secondary N) is 1. The van der Waals surface area contributed by atoms with Crippen LogP contribution in [0, 0.1) is 0 Å². The lowest BCUT2D eigenvalue weighted by molar-refractivity contribution is 0.122. The Hall–Kier alpha value is -1.13. The summed E-state index contributed by atoms with van der Waals surface area (Å²) in [5.41, 5.74) is 1.07. The van der Waals surface area contributed by atoms with E-state index in [9.17, 15) is 0 Å². The highest BCUT2D eigenvalue weighted by Crippen LogP contribution is 2.24. The monoisotopic (exact) mass is 428 g/mol. The Labute approximate surface area is 149 Å². The molecule has 2 aliphatic rings. The lowest BCUT2D eigenvalue weighted by Crippen LogP contribution is -2.41. The minimum atomic E-state index is 0.598. The summed E-state index contributed by atoms with van der Waals surface area (Å²) in [6, 6.07) is 4.71. The molecule has 0 bridgehead atoms. The first-order chi connectivity index (χ1) is 11.3. The highest BCUT2D eigenvalue weighted by atomic mass is 127. The van der Waals surface area contributed by atoms with Crippen LogP contribution in [0.15, 0.2) is 18.3 Å². The predicted molar refractivity (Wildman–Crippen MR) is 98.4 cm³/mol. The Bertz CT molecular complexity index is 663. The third kappa shape index (κ3) is 3.11. The van der Waals surface area contributed by atoms with Gasteiger partial charge in [-0.05, 0) is 25.0 Å². The van der Waals surface area contributed by atoms with Crippen LogP contribution in [0.4, 0.5) is 11.8 Å². The first-order valence-corrected chi connectivity index (χ1v) is 9.22. The number of hydrogen-bond acceptors (Lipinski definition) is 6. The summed E-state index contributed by atoms with van der Waals surface area (Å²) < 4.78 is 10.8. The molecule has 4 rings (SSSR count). The lowest BCUT2D eigenvalue weighted by atomic mass is 10.1. The Balaban J connectivity index is 1.65. The standard InChI is InChI=1S/C15H21IN6O/c16-18-12-3-6-21(7-4-12)15-17-14(20-8-10-23-11-9-20)13-2-1-5-22(13)19-15/h1-2,5,12,18H,3-4,6-11H2. The number of anilines is 2. The van der Waals surface area contributed by atoms with Crippen LogP contribution in [-0.2, 0) is 4.74 Å². The molecule has 0 spiro atoms. The van der Waals surface area contributed by atoms with E-state index >= 15 is 0 Å². The van der Waals surface area contributed by atoms with Gasteiger partial charge >= 0.3 is 0 Å². The van der Waals surface area contributed by atoms with Crippen molar-refractivity contribution >= 4 is 40.1 Å². The summed E-state index contributed by atoms with van der Waals surface area (Å²) >= 11 is 2.25. The summed E-state index contributed by atoms with van der Waals surface area (Å²) in [6.45, 7) is 5.29.